The van der Waals surface area contributed by atoms with Crippen LogP contribution in [0.15, 0.2) is 24.3 Å². The van der Waals surface area contributed by atoms with E-state index in [1.165, 1.54) is 11.8 Å². The molecular weight excluding hydrogens is 280 g/mol. The van der Waals surface area contributed by atoms with Gasteiger partial charge in [-0.15, -0.1) is 11.8 Å². The smallest absolute Gasteiger partial charge is 0.262 e. The second-order valence-electron chi connectivity index (χ2n) is 4.10. The van der Waals surface area contributed by atoms with E-state index in [1.54, 1.807) is 24.3 Å². The van der Waals surface area contributed by atoms with Crippen molar-refractivity contribution in [2.24, 2.45) is 5.73 Å². The maximum Gasteiger partial charge on any atom is 0.262 e. The maximum absolute atomic E-state index is 12.2. The Labute approximate surface area is 121 Å². The first-order chi connectivity index (χ1) is 9.06. The quantitative estimate of drug-likeness (QED) is 0.680. The van der Waals surface area contributed by atoms with Crippen molar-refractivity contribution in [3.05, 3.63) is 35.4 Å². The molecule has 2 rings (SSSR count). The first kappa shape index (κ1) is 14.2. The lowest BCUT2D eigenvalue weighted by atomic mass is 10.1. The fourth-order valence-electron chi connectivity index (χ4n) is 1.99. The van der Waals surface area contributed by atoms with E-state index in [2.05, 4.69) is 0 Å². The lowest BCUT2D eigenvalue weighted by Crippen LogP contribution is -2.46. The monoisotopic (exact) mass is 294 g/mol. The highest BCUT2D eigenvalue weighted by atomic mass is 32.2. The number of hydrogen-bond acceptors (Lipinski definition) is 5. The molecule has 6 heteroatoms. The van der Waals surface area contributed by atoms with Gasteiger partial charge < -0.3 is 5.73 Å². The number of nitrogens with two attached hydrogens (primary N) is 1. The lowest BCUT2D eigenvalue weighted by molar-refractivity contribution is 0.0594. The zero-order valence-electron chi connectivity index (χ0n) is 10.5. The molecule has 0 radical (unpaired) electrons. The second-order valence-corrected chi connectivity index (χ2v) is 6.21. The minimum absolute atomic E-state index is 0.336. The van der Waals surface area contributed by atoms with Gasteiger partial charge in [0.1, 0.15) is 0 Å². The van der Waals surface area contributed by atoms with Crippen LogP contribution < -0.4 is 5.73 Å². The van der Waals surface area contributed by atoms with Crippen molar-refractivity contribution in [3.63, 3.8) is 0 Å². The third-order valence-corrected chi connectivity index (χ3v) is 4.14. The third kappa shape index (κ3) is 2.70. The van der Waals surface area contributed by atoms with Gasteiger partial charge in [-0.05, 0) is 17.9 Å². The average Bonchev–Trinajstić information content (AvgIpc) is 2.63. The summed E-state index contributed by atoms with van der Waals surface area (Å²) in [5.41, 5.74) is 6.78. The number of rotatable bonds is 4. The first-order valence-corrected chi connectivity index (χ1v) is 7.33. The number of hydrogen-bond donors (Lipinski definition) is 1. The van der Waals surface area contributed by atoms with Gasteiger partial charge in [-0.25, -0.2) is 0 Å². The molecule has 1 atom stereocenters. The Balaban J connectivity index is 2.17. The summed E-state index contributed by atoms with van der Waals surface area (Å²) in [7, 11) is 0. The van der Waals surface area contributed by atoms with Crippen LogP contribution in [0, 0.1) is 0 Å². The van der Waals surface area contributed by atoms with E-state index in [4.69, 9.17) is 18.0 Å². The summed E-state index contributed by atoms with van der Waals surface area (Å²) in [6, 6.07) is 6.75. The molecule has 2 amide bonds. The molecule has 0 saturated carbocycles. The summed E-state index contributed by atoms with van der Waals surface area (Å²) in [6.07, 6.45) is -0.349. The zero-order chi connectivity index (χ0) is 14.0. The van der Waals surface area contributed by atoms with Gasteiger partial charge in [0.15, 0.2) is 0 Å². The number of thiocarbonyl (C=S) groups is 1. The van der Waals surface area contributed by atoms with Crippen LogP contribution in [0.3, 0.4) is 0 Å². The predicted octanol–water partition coefficient (Wildman–Crippen LogP) is 2.04. The minimum atomic E-state index is -0.695. The second kappa shape index (κ2) is 5.81. The molecule has 1 aliphatic heterocycles. The van der Waals surface area contributed by atoms with Gasteiger partial charge in [-0.1, -0.05) is 31.3 Å². The molecule has 1 heterocycles. The van der Waals surface area contributed by atoms with Gasteiger partial charge in [0.2, 0.25) is 0 Å². The van der Waals surface area contributed by atoms with Crippen molar-refractivity contribution in [1.29, 1.82) is 0 Å². The Morgan fingerprint density at radius 1 is 1.32 bits per heavy atom. The van der Waals surface area contributed by atoms with Crippen molar-refractivity contribution in [1.82, 2.24) is 4.90 Å². The van der Waals surface area contributed by atoms with Crippen LogP contribution in [-0.4, -0.2) is 32.8 Å². The van der Waals surface area contributed by atoms with Crippen molar-refractivity contribution in [3.8, 4) is 0 Å². The summed E-state index contributed by atoms with van der Waals surface area (Å²) < 4.78 is 0.714. The molecule has 0 bridgehead atoms. The van der Waals surface area contributed by atoms with E-state index >= 15 is 0 Å². The zero-order valence-corrected chi connectivity index (χ0v) is 12.1. The summed E-state index contributed by atoms with van der Waals surface area (Å²) in [4.78, 5) is 25.4. The lowest BCUT2D eigenvalue weighted by Gasteiger charge is -2.22. The molecule has 0 spiro atoms. The fraction of sp³-hybridized carbons (Fsp3) is 0.308. The third-order valence-electron chi connectivity index (χ3n) is 2.84. The van der Waals surface area contributed by atoms with Crippen molar-refractivity contribution in [2.75, 3.05) is 5.75 Å². The largest absolute Gasteiger partial charge is 0.310 e. The van der Waals surface area contributed by atoms with Gasteiger partial charge in [0, 0.05) is 6.42 Å². The van der Waals surface area contributed by atoms with Crippen LogP contribution in [0.4, 0.5) is 0 Å². The number of fused-ring (bicyclic) bond motifs is 1. The molecule has 2 N–H and O–H groups in total. The molecule has 1 aliphatic rings. The van der Waals surface area contributed by atoms with E-state index in [1.807, 2.05) is 6.92 Å². The summed E-state index contributed by atoms with van der Waals surface area (Å²) in [5.74, 6) is 0.183. The van der Waals surface area contributed by atoms with Crippen LogP contribution in [0.25, 0.3) is 0 Å². The summed E-state index contributed by atoms with van der Waals surface area (Å²) in [5, 5.41) is 0. The van der Waals surface area contributed by atoms with E-state index in [0.717, 1.165) is 10.7 Å². The van der Waals surface area contributed by atoms with E-state index in [0.29, 0.717) is 21.7 Å². The van der Waals surface area contributed by atoms with E-state index < -0.39 is 6.17 Å². The molecule has 100 valence electrons. The number of amides is 2. The van der Waals surface area contributed by atoms with Crippen molar-refractivity contribution >= 4 is 40.0 Å². The van der Waals surface area contributed by atoms with Crippen LogP contribution in [0.5, 0.6) is 0 Å². The fourth-order valence-corrected chi connectivity index (χ4v) is 3.13. The van der Waals surface area contributed by atoms with Crippen LogP contribution in [0.1, 0.15) is 34.1 Å². The number of thioether (sulfide) groups is 1. The van der Waals surface area contributed by atoms with E-state index in [9.17, 15) is 9.59 Å². The van der Waals surface area contributed by atoms with Crippen LogP contribution >= 0.6 is 24.0 Å². The molecule has 0 saturated heterocycles. The van der Waals surface area contributed by atoms with Crippen LogP contribution in [0.2, 0.25) is 0 Å². The predicted molar refractivity (Wildman–Crippen MR) is 80.3 cm³/mol. The summed E-state index contributed by atoms with van der Waals surface area (Å²) >= 11 is 6.67. The van der Waals surface area contributed by atoms with Gasteiger partial charge in [-0.2, -0.15) is 0 Å². The van der Waals surface area contributed by atoms with Gasteiger partial charge >= 0.3 is 0 Å². The Hall–Kier alpha value is -1.24. The molecular formula is C13H14N2O2S2. The molecule has 19 heavy (non-hydrogen) atoms. The Bertz CT molecular complexity index is 510. The van der Waals surface area contributed by atoms with Gasteiger partial charge in [0.25, 0.3) is 11.8 Å². The number of nitrogens with zero attached hydrogens (tertiary/aromatic N) is 1. The molecule has 1 aromatic rings. The van der Waals surface area contributed by atoms with Crippen LogP contribution in [-0.2, 0) is 0 Å². The molecule has 1 unspecified atom stereocenters. The number of carbonyl (C=O) groups excluding carboxylic acids is 2. The maximum atomic E-state index is 12.2. The highest BCUT2D eigenvalue weighted by Crippen LogP contribution is 2.24. The van der Waals surface area contributed by atoms with E-state index in [-0.39, 0.29) is 11.8 Å². The van der Waals surface area contributed by atoms with Gasteiger partial charge in [-0.3, -0.25) is 14.5 Å². The van der Waals surface area contributed by atoms with Gasteiger partial charge in [0.05, 0.1) is 21.5 Å². The van der Waals surface area contributed by atoms with Crippen molar-refractivity contribution in [2.45, 2.75) is 19.5 Å². The molecule has 0 aromatic heterocycles. The highest BCUT2D eigenvalue weighted by molar-refractivity contribution is 8.23. The average molecular weight is 294 g/mol. The number of imide groups is 1. The molecule has 0 fully saturated rings. The van der Waals surface area contributed by atoms with Crippen molar-refractivity contribution < 1.29 is 9.59 Å². The standard InChI is InChI=1S/C13H14N2O2S2/c1-2-19-11(18)7-10(14)15-12(16)8-5-3-4-6-9(8)13(15)17/h3-6,10H,2,7,14H2,1H3. The normalized spacial score (nSPS) is 15.6. The highest BCUT2D eigenvalue weighted by Gasteiger charge is 2.38. The molecule has 4 nitrogen and oxygen atoms in total. The number of carbonyl (C=O) groups is 2. The molecule has 1 aromatic carbocycles. The first-order valence-electron chi connectivity index (χ1n) is 5.94. The molecule has 0 aliphatic carbocycles. The minimum Gasteiger partial charge on any atom is -0.310 e. The SMILES string of the molecule is CCSC(=S)CC(N)N1C(=O)c2ccccc2C1=O. The Kier molecular flexibility index (Phi) is 4.34. The topological polar surface area (TPSA) is 63.4 Å². The Morgan fingerprint density at radius 3 is 2.32 bits per heavy atom. The summed E-state index contributed by atoms with van der Waals surface area (Å²) in [6.45, 7) is 1.99. The Morgan fingerprint density at radius 2 is 1.84 bits per heavy atom. The number of benzene rings is 1.